The highest BCUT2D eigenvalue weighted by molar-refractivity contribution is 6.28. The van der Waals surface area contributed by atoms with Crippen molar-refractivity contribution in [2.45, 2.75) is 20.4 Å². The van der Waals surface area contributed by atoms with Gasteiger partial charge in [-0.3, -0.25) is 0 Å². The van der Waals surface area contributed by atoms with Gasteiger partial charge in [0, 0.05) is 30.4 Å². The maximum atomic E-state index is 6.12. The van der Waals surface area contributed by atoms with Crippen LogP contribution in [0.3, 0.4) is 0 Å². The fraction of sp³-hybridized carbons (Fsp3) is 0.353. The summed E-state index contributed by atoms with van der Waals surface area (Å²) in [6.07, 6.45) is 1.76. The molecule has 8 heteroatoms. The van der Waals surface area contributed by atoms with E-state index in [9.17, 15) is 0 Å². The van der Waals surface area contributed by atoms with Crippen molar-refractivity contribution in [1.82, 2.24) is 19.5 Å². The third-order valence-electron chi connectivity index (χ3n) is 3.61. The number of halogens is 1. The maximum Gasteiger partial charge on any atom is 0.226 e. The SMILES string of the molecule is COc1cc(Nc2nc(Cl)nc3c2ncn3CC(C)C)cc(OC)c1. The number of rotatable bonds is 6. The molecule has 0 aliphatic heterocycles. The van der Waals surface area contributed by atoms with Crippen LogP contribution in [0.2, 0.25) is 5.28 Å². The van der Waals surface area contributed by atoms with Crippen LogP contribution in [0.4, 0.5) is 11.5 Å². The van der Waals surface area contributed by atoms with Crippen molar-refractivity contribution in [1.29, 1.82) is 0 Å². The first-order valence-electron chi connectivity index (χ1n) is 7.88. The molecule has 3 rings (SSSR count). The van der Waals surface area contributed by atoms with E-state index in [-0.39, 0.29) is 5.28 Å². The second kappa shape index (κ2) is 7.14. The van der Waals surface area contributed by atoms with Crippen LogP contribution in [0.1, 0.15) is 13.8 Å². The van der Waals surface area contributed by atoms with Crippen molar-refractivity contribution in [2.24, 2.45) is 5.92 Å². The van der Waals surface area contributed by atoms with Gasteiger partial charge in [-0.15, -0.1) is 0 Å². The van der Waals surface area contributed by atoms with Gasteiger partial charge >= 0.3 is 0 Å². The lowest BCUT2D eigenvalue weighted by atomic mass is 10.2. The van der Waals surface area contributed by atoms with Gasteiger partial charge in [0.15, 0.2) is 17.0 Å². The number of anilines is 2. The predicted molar refractivity (Wildman–Crippen MR) is 98.0 cm³/mol. The summed E-state index contributed by atoms with van der Waals surface area (Å²) in [5.41, 5.74) is 2.11. The molecule has 2 aromatic heterocycles. The topological polar surface area (TPSA) is 74.1 Å². The van der Waals surface area contributed by atoms with Crippen molar-refractivity contribution in [3.8, 4) is 11.5 Å². The van der Waals surface area contributed by atoms with Gasteiger partial charge in [-0.05, 0) is 17.5 Å². The molecule has 7 nitrogen and oxygen atoms in total. The summed E-state index contributed by atoms with van der Waals surface area (Å²) in [7, 11) is 3.21. The third-order valence-corrected chi connectivity index (χ3v) is 3.78. The summed E-state index contributed by atoms with van der Waals surface area (Å²) in [5.74, 6) is 2.34. The van der Waals surface area contributed by atoms with Gasteiger partial charge in [0.25, 0.3) is 0 Å². The van der Waals surface area contributed by atoms with E-state index < -0.39 is 0 Å². The van der Waals surface area contributed by atoms with Crippen LogP contribution >= 0.6 is 11.6 Å². The molecule has 0 amide bonds. The van der Waals surface area contributed by atoms with Crippen LogP contribution in [-0.4, -0.2) is 33.7 Å². The number of hydrogen-bond acceptors (Lipinski definition) is 6. The normalized spacial score (nSPS) is 11.1. The number of methoxy groups -OCH3 is 2. The summed E-state index contributed by atoms with van der Waals surface area (Å²) < 4.78 is 12.6. The first-order valence-corrected chi connectivity index (χ1v) is 8.26. The molecule has 25 heavy (non-hydrogen) atoms. The first-order chi connectivity index (χ1) is 12.0. The molecule has 2 heterocycles. The summed E-state index contributed by atoms with van der Waals surface area (Å²) in [4.78, 5) is 13.1. The lowest BCUT2D eigenvalue weighted by Gasteiger charge is -2.11. The zero-order chi connectivity index (χ0) is 18.0. The predicted octanol–water partition coefficient (Wildman–Crippen LogP) is 3.90. The standard InChI is InChI=1S/C17H20ClN5O2/c1-10(2)8-23-9-19-14-15(21-17(18)22-16(14)23)20-11-5-12(24-3)7-13(6-11)25-4/h5-7,9-10H,8H2,1-4H3,(H,20,21,22). The van der Waals surface area contributed by atoms with E-state index in [4.69, 9.17) is 21.1 Å². The third kappa shape index (κ3) is 3.76. The number of ether oxygens (including phenoxy) is 2. The second-order valence-corrected chi connectivity index (χ2v) is 6.37. The van der Waals surface area contributed by atoms with Crippen molar-refractivity contribution in [2.75, 3.05) is 19.5 Å². The number of nitrogens with zero attached hydrogens (tertiary/aromatic N) is 4. The highest BCUT2D eigenvalue weighted by Crippen LogP contribution is 2.30. The highest BCUT2D eigenvalue weighted by atomic mass is 35.5. The summed E-state index contributed by atoms with van der Waals surface area (Å²) in [5, 5.41) is 3.39. The fourth-order valence-corrected chi connectivity index (χ4v) is 2.71. The number of nitrogens with one attached hydrogen (secondary N) is 1. The van der Waals surface area contributed by atoms with E-state index in [1.165, 1.54) is 0 Å². The molecule has 1 N–H and O–H groups in total. The van der Waals surface area contributed by atoms with Gasteiger partial charge in [-0.2, -0.15) is 9.97 Å². The molecule has 132 valence electrons. The largest absolute Gasteiger partial charge is 0.497 e. The average Bonchev–Trinajstić information content (AvgIpc) is 2.96. The Morgan fingerprint density at radius 2 is 1.80 bits per heavy atom. The van der Waals surface area contributed by atoms with Crippen LogP contribution in [0.15, 0.2) is 24.5 Å². The molecule has 0 aliphatic rings. The molecular formula is C17H20ClN5O2. The maximum absolute atomic E-state index is 6.12. The Balaban J connectivity index is 2.03. The Bertz CT molecular complexity index is 872. The molecule has 0 fully saturated rings. The van der Waals surface area contributed by atoms with Gasteiger partial charge in [0.1, 0.15) is 11.5 Å². The van der Waals surface area contributed by atoms with Gasteiger partial charge in [-0.25, -0.2) is 4.98 Å². The molecular weight excluding hydrogens is 342 g/mol. The van der Waals surface area contributed by atoms with E-state index in [1.807, 2.05) is 16.7 Å². The van der Waals surface area contributed by atoms with Crippen LogP contribution in [0.5, 0.6) is 11.5 Å². The molecule has 0 bridgehead atoms. The molecule has 0 atom stereocenters. The number of fused-ring (bicyclic) bond motifs is 1. The van der Waals surface area contributed by atoms with E-state index in [0.717, 1.165) is 12.2 Å². The van der Waals surface area contributed by atoms with Crippen molar-refractivity contribution >= 4 is 34.3 Å². The Hall–Kier alpha value is -2.54. The van der Waals surface area contributed by atoms with Crippen LogP contribution < -0.4 is 14.8 Å². The molecule has 0 unspecified atom stereocenters. The lowest BCUT2D eigenvalue weighted by molar-refractivity contribution is 0.395. The Morgan fingerprint density at radius 1 is 1.12 bits per heavy atom. The number of hydrogen-bond donors (Lipinski definition) is 1. The average molecular weight is 362 g/mol. The van der Waals surface area contributed by atoms with Gasteiger partial charge in [0.05, 0.1) is 20.5 Å². The van der Waals surface area contributed by atoms with Crippen LogP contribution in [0.25, 0.3) is 11.2 Å². The zero-order valence-electron chi connectivity index (χ0n) is 14.6. The number of imidazole rings is 1. The van der Waals surface area contributed by atoms with Gasteiger partial charge in [-0.1, -0.05) is 13.8 Å². The monoisotopic (exact) mass is 361 g/mol. The smallest absolute Gasteiger partial charge is 0.226 e. The summed E-state index contributed by atoms with van der Waals surface area (Å²) in [6, 6.07) is 5.48. The molecule has 3 aromatic rings. The molecule has 0 saturated heterocycles. The van der Waals surface area contributed by atoms with E-state index in [2.05, 4.69) is 34.1 Å². The van der Waals surface area contributed by atoms with E-state index >= 15 is 0 Å². The van der Waals surface area contributed by atoms with E-state index in [1.54, 1.807) is 26.6 Å². The minimum absolute atomic E-state index is 0.162. The second-order valence-electron chi connectivity index (χ2n) is 6.03. The molecule has 0 aliphatic carbocycles. The molecule has 1 aromatic carbocycles. The minimum Gasteiger partial charge on any atom is -0.497 e. The molecule has 0 radical (unpaired) electrons. The Kier molecular flexibility index (Phi) is 4.94. The van der Waals surface area contributed by atoms with Crippen LogP contribution in [-0.2, 0) is 6.54 Å². The van der Waals surface area contributed by atoms with E-state index in [0.29, 0.717) is 34.4 Å². The zero-order valence-corrected chi connectivity index (χ0v) is 15.3. The Morgan fingerprint density at radius 3 is 2.40 bits per heavy atom. The van der Waals surface area contributed by atoms with Crippen molar-refractivity contribution in [3.63, 3.8) is 0 Å². The summed E-state index contributed by atoms with van der Waals surface area (Å²) >= 11 is 6.12. The highest BCUT2D eigenvalue weighted by Gasteiger charge is 2.14. The quantitative estimate of drug-likeness (QED) is 0.671. The lowest BCUT2D eigenvalue weighted by Crippen LogP contribution is -2.05. The van der Waals surface area contributed by atoms with Crippen molar-refractivity contribution < 1.29 is 9.47 Å². The van der Waals surface area contributed by atoms with Gasteiger partial charge in [0.2, 0.25) is 5.28 Å². The van der Waals surface area contributed by atoms with Gasteiger partial charge < -0.3 is 19.4 Å². The van der Waals surface area contributed by atoms with Crippen molar-refractivity contribution in [3.05, 3.63) is 29.8 Å². The number of benzene rings is 1. The fourth-order valence-electron chi connectivity index (χ4n) is 2.55. The Labute approximate surface area is 151 Å². The minimum atomic E-state index is 0.162. The summed E-state index contributed by atoms with van der Waals surface area (Å²) in [6.45, 7) is 5.07. The first kappa shape index (κ1) is 17.3. The molecule has 0 saturated carbocycles. The number of aromatic nitrogens is 4. The van der Waals surface area contributed by atoms with Crippen LogP contribution in [0, 0.1) is 5.92 Å². The molecule has 0 spiro atoms.